The minimum Gasteiger partial charge on any atom is -0.351 e. The summed E-state index contributed by atoms with van der Waals surface area (Å²) >= 11 is 3.02. The molecule has 2 rings (SSSR count). The third-order valence-corrected chi connectivity index (χ3v) is 2.48. The van der Waals surface area contributed by atoms with Crippen molar-refractivity contribution in [3.8, 4) is 0 Å². The Bertz CT molecular complexity index is 514. The molecule has 0 radical (unpaired) electrons. The molecule has 0 atom stereocenters. The molecule has 82 valence electrons. The van der Waals surface area contributed by atoms with Crippen LogP contribution in [-0.4, -0.2) is 11.1 Å². The molecule has 0 aliphatic carbocycles. The highest BCUT2D eigenvalue weighted by molar-refractivity contribution is 9.10. The molecular formula is C10H6BrFN2O2. The van der Waals surface area contributed by atoms with Crippen LogP contribution >= 0.6 is 15.9 Å². The van der Waals surface area contributed by atoms with Gasteiger partial charge in [-0.05, 0) is 34.1 Å². The van der Waals surface area contributed by atoms with E-state index in [0.29, 0.717) is 10.2 Å². The van der Waals surface area contributed by atoms with Gasteiger partial charge in [-0.1, -0.05) is 5.16 Å². The predicted molar refractivity (Wildman–Crippen MR) is 58.6 cm³/mol. The molecule has 1 heterocycles. The number of rotatable bonds is 2. The van der Waals surface area contributed by atoms with Crippen LogP contribution in [0.2, 0.25) is 0 Å². The Balaban J connectivity index is 2.15. The molecule has 16 heavy (non-hydrogen) atoms. The zero-order valence-electron chi connectivity index (χ0n) is 7.91. The molecule has 6 heteroatoms. The molecular weight excluding hydrogens is 279 g/mol. The Morgan fingerprint density at radius 2 is 2.25 bits per heavy atom. The van der Waals surface area contributed by atoms with Crippen LogP contribution in [0.5, 0.6) is 0 Å². The highest BCUT2D eigenvalue weighted by Gasteiger charge is 2.10. The second-order valence-corrected chi connectivity index (χ2v) is 3.81. The fourth-order valence-electron chi connectivity index (χ4n) is 1.10. The molecule has 0 saturated carbocycles. The predicted octanol–water partition coefficient (Wildman–Crippen LogP) is 2.83. The number of aromatic nitrogens is 1. The minimum atomic E-state index is -0.473. The fourth-order valence-corrected chi connectivity index (χ4v) is 1.35. The number of nitrogens with zero attached hydrogens (tertiary/aromatic N) is 1. The Morgan fingerprint density at radius 3 is 2.88 bits per heavy atom. The summed E-state index contributed by atoms with van der Waals surface area (Å²) in [5.41, 5.74) is 0.349. The molecule has 0 bridgehead atoms. The van der Waals surface area contributed by atoms with Crippen molar-refractivity contribution < 1.29 is 13.7 Å². The first-order valence-corrected chi connectivity index (χ1v) is 5.13. The van der Waals surface area contributed by atoms with E-state index < -0.39 is 11.7 Å². The largest absolute Gasteiger partial charge is 0.351 e. The van der Waals surface area contributed by atoms with Crippen molar-refractivity contribution in [2.75, 3.05) is 5.32 Å². The van der Waals surface area contributed by atoms with E-state index in [1.807, 2.05) is 0 Å². The molecule has 4 nitrogen and oxygen atoms in total. The average molecular weight is 285 g/mol. The van der Waals surface area contributed by atoms with Crippen molar-refractivity contribution in [2.24, 2.45) is 0 Å². The highest BCUT2D eigenvalue weighted by Crippen LogP contribution is 2.19. The Hall–Kier alpha value is -1.69. The summed E-state index contributed by atoms with van der Waals surface area (Å²) in [6, 6.07) is 5.70. The van der Waals surface area contributed by atoms with E-state index in [1.54, 1.807) is 6.07 Å². The van der Waals surface area contributed by atoms with Crippen molar-refractivity contribution in [1.82, 2.24) is 5.16 Å². The quantitative estimate of drug-likeness (QED) is 0.923. The Labute approximate surface area is 98.6 Å². The van der Waals surface area contributed by atoms with Gasteiger partial charge in [-0.25, -0.2) is 4.39 Å². The molecule has 0 aliphatic heterocycles. The summed E-state index contributed by atoms with van der Waals surface area (Å²) in [4.78, 5) is 11.5. The number of benzene rings is 1. The van der Waals surface area contributed by atoms with Crippen LogP contribution in [0.15, 0.2) is 39.5 Å². The zero-order chi connectivity index (χ0) is 11.5. The van der Waals surface area contributed by atoms with Crippen LogP contribution < -0.4 is 5.32 Å². The lowest BCUT2D eigenvalue weighted by atomic mass is 10.3. The first kappa shape index (κ1) is 10.8. The van der Waals surface area contributed by atoms with Gasteiger partial charge in [0.2, 0.25) is 5.76 Å². The molecule has 1 aromatic heterocycles. The zero-order valence-corrected chi connectivity index (χ0v) is 9.49. The smallest absolute Gasteiger partial charge is 0.294 e. The number of halogens is 2. The molecule has 1 aromatic carbocycles. The van der Waals surface area contributed by atoms with Crippen molar-refractivity contribution >= 4 is 27.5 Å². The van der Waals surface area contributed by atoms with E-state index in [0.717, 1.165) is 0 Å². The summed E-state index contributed by atoms with van der Waals surface area (Å²) < 4.78 is 18.1. The van der Waals surface area contributed by atoms with Gasteiger partial charge >= 0.3 is 0 Å². The number of hydrogen-bond acceptors (Lipinski definition) is 3. The third kappa shape index (κ3) is 2.27. The molecule has 1 amide bonds. The van der Waals surface area contributed by atoms with Crippen molar-refractivity contribution in [3.05, 3.63) is 46.5 Å². The summed E-state index contributed by atoms with van der Waals surface area (Å²) in [7, 11) is 0. The van der Waals surface area contributed by atoms with Crippen LogP contribution in [0.4, 0.5) is 10.1 Å². The van der Waals surface area contributed by atoms with E-state index >= 15 is 0 Å². The average Bonchev–Trinajstić information content (AvgIpc) is 2.77. The second kappa shape index (κ2) is 4.44. The number of hydrogen-bond donors (Lipinski definition) is 1. The van der Waals surface area contributed by atoms with E-state index in [2.05, 4.69) is 30.9 Å². The normalized spacial score (nSPS) is 10.1. The molecule has 2 aromatic rings. The van der Waals surface area contributed by atoms with Gasteiger partial charge in [0.05, 0.1) is 10.7 Å². The van der Waals surface area contributed by atoms with Gasteiger partial charge in [-0.15, -0.1) is 0 Å². The Kier molecular flexibility index (Phi) is 3.00. The first-order valence-electron chi connectivity index (χ1n) is 4.34. The lowest BCUT2D eigenvalue weighted by Gasteiger charge is -2.03. The maximum atomic E-state index is 13.1. The van der Waals surface area contributed by atoms with Crippen LogP contribution in [0, 0.1) is 5.82 Å². The standard InChI is InChI=1S/C10H6BrFN2O2/c11-7-2-1-6(5-8(7)12)14-10(15)9-3-4-13-16-9/h1-5H,(H,14,15). The van der Waals surface area contributed by atoms with Gasteiger partial charge in [-0.2, -0.15) is 0 Å². The number of anilines is 1. The topological polar surface area (TPSA) is 55.1 Å². The highest BCUT2D eigenvalue weighted by atomic mass is 79.9. The third-order valence-electron chi connectivity index (χ3n) is 1.84. The van der Waals surface area contributed by atoms with Gasteiger partial charge in [0.25, 0.3) is 5.91 Å². The SMILES string of the molecule is O=C(Nc1ccc(Br)c(F)c1)c1ccno1. The van der Waals surface area contributed by atoms with Crippen molar-refractivity contribution in [1.29, 1.82) is 0 Å². The lowest BCUT2D eigenvalue weighted by molar-refractivity contribution is 0.0988. The number of carbonyl (C=O) groups excluding carboxylic acids is 1. The summed E-state index contributed by atoms with van der Waals surface area (Å²) in [6.45, 7) is 0. The van der Waals surface area contributed by atoms with Crippen molar-refractivity contribution in [3.63, 3.8) is 0 Å². The molecule has 0 spiro atoms. The maximum absolute atomic E-state index is 13.1. The van der Waals surface area contributed by atoms with Crippen LogP contribution in [0.3, 0.4) is 0 Å². The van der Waals surface area contributed by atoms with E-state index in [-0.39, 0.29) is 5.76 Å². The first-order chi connectivity index (χ1) is 7.66. The van der Waals surface area contributed by atoms with E-state index in [9.17, 15) is 9.18 Å². The molecule has 0 saturated heterocycles. The summed E-state index contributed by atoms with van der Waals surface area (Å²) in [5, 5.41) is 5.88. The van der Waals surface area contributed by atoms with Crippen LogP contribution in [-0.2, 0) is 0 Å². The van der Waals surface area contributed by atoms with Crippen LogP contribution in [0.1, 0.15) is 10.6 Å². The van der Waals surface area contributed by atoms with Gasteiger partial charge in [0.1, 0.15) is 5.82 Å². The Morgan fingerprint density at radius 1 is 1.44 bits per heavy atom. The number of nitrogens with one attached hydrogen (secondary N) is 1. The number of carbonyl (C=O) groups is 1. The van der Waals surface area contributed by atoms with Crippen LogP contribution in [0.25, 0.3) is 0 Å². The molecule has 0 unspecified atom stereocenters. The van der Waals surface area contributed by atoms with Gasteiger partial charge in [0.15, 0.2) is 0 Å². The van der Waals surface area contributed by atoms with E-state index in [1.165, 1.54) is 24.4 Å². The van der Waals surface area contributed by atoms with Crippen molar-refractivity contribution in [2.45, 2.75) is 0 Å². The molecule has 0 aliphatic rings. The lowest BCUT2D eigenvalue weighted by Crippen LogP contribution is -2.10. The van der Waals surface area contributed by atoms with E-state index in [4.69, 9.17) is 0 Å². The van der Waals surface area contributed by atoms with Gasteiger partial charge in [-0.3, -0.25) is 4.79 Å². The fraction of sp³-hybridized carbons (Fsp3) is 0. The van der Waals surface area contributed by atoms with Gasteiger partial charge in [0, 0.05) is 11.8 Å². The monoisotopic (exact) mass is 284 g/mol. The summed E-state index contributed by atoms with van der Waals surface area (Å²) in [5.74, 6) is -0.849. The maximum Gasteiger partial charge on any atom is 0.294 e. The number of amides is 1. The van der Waals surface area contributed by atoms with Gasteiger partial charge < -0.3 is 9.84 Å². The second-order valence-electron chi connectivity index (χ2n) is 2.96. The minimum absolute atomic E-state index is 0.0725. The molecule has 1 N–H and O–H groups in total. The summed E-state index contributed by atoms with van der Waals surface area (Å²) in [6.07, 6.45) is 1.36. The molecule has 0 fully saturated rings.